The molecule has 0 bridgehead atoms. The Morgan fingerprint density at radius 1 is 0.909 bits per heavy atom. The van der Waals surface area contributed by atoms with Crippen LogP contribution in [0.4, 0.5) is 0 Å². The van der Waals surface area contributed by atoms with E-state index >= 15 is 0 Å². The number of phenolic OH excluding ortho intramolecular Hbond substituents is 1. The second-order valence-electron chi connectivity index (χ2n) is 7.28. The van der Waals surface area contributed by atoms with E-state index < -0.39 is 66.9 Å². The molecule has 0 aromatic heterocycles. The Morgan fingerprint density at radius 2 is 1.45 bits per heavy atom. The Hall–Kier alpha value is -3.71. The van der Waals surface area contributed by atoms with Crippen molar-refractivity contribution in [2.45, 2.75) is 50.4 Å². The summed E-state index contributed by atoms with van der Waals surface area (Å²) < 4.78 is 0. The van der Waals surface area contributed by atoms with Crippen molar-refractivity contribution in [1.29, 1.82) is 0 Å². The SMILES string of the molecule is CC(NC(=O)C(CCC(=O)O)NC(=O)C(CO)NC(=O)C(N)Cc1ccc(O)cc1)C(=O)O. The van der Waals surface area contributed by atoms with Crippen LogP contribution < -0.4 is 21.7 Å². The number of amides is 3. The predicted molar refractivity (Wildman–Crippen MR) is 113 cm³/mol. The van der Waals surface area contributed by atoms with Crippen LogP contribution in [0.3, 0.4) is 0 Å². The van der Waals surface area contributed by atoms with Gasteiger partial charge in [0.25, 0.3) is 0 Å². The molecule has 0 aliphatic carbocycles. The van der Waals surface area contributed by atoms with Gasteiger partial charge in [0.2, 0.25) is 17.7 Å². The van der Waals surface area contributed by atoms with Gasteiger partial charge in [0.15, 0.2) is 0 Å². The number of phenols is 1. The van der Waals surface area contributed by atoms with Gasteiger partial charge in [0.05, 0.1) is 12.6 Å². The molecule has 4 atom stereocenters. The van der Waals surface area contributed by atoms with Crippen molar-refractivity contribution in [1.82, 2.24) is 16.0 Å². The van der Waals surface area contributed by atoms with Crippen LogP contribution in [-0.4, -0.2) is 80.9 Å². The molecule has 13 nitrogen and oxygen atoms in total. The van der Waals surface area contributed by atoms with Crippen molar-refractivity contribution in [3.05, 3.63) is 29.8 Å². The number of aliphatic carboxylic acids is 2. The number of carboxylic acids is 2. The average Bonchev–Trinajstić information content (AvgIpc) is 2.75. The lowest BCUT2D eigenvalue weighted by Gasteiger charge is -2.23. The standard InChI is InChI=1S/C20H28N4O9/c1-10(20(32)33)22-18(30)14(6-7-16(27)28)23-19(31)15(9-25)24-17(29)13(21)8-11-2-4-12(26)5-3-11/h2-5,10,13-15,25-26H,6-9,21H2,1H3,(H,22,30)(H,23,31)(H,24,29)(H,27,28)(H,32,33). The molecule has 1 rings (SSSR count). The van der Waals surface area contributed by atoms with E-state index in [1.165, 1.54) is 19.1 Å². The number of benzene rings is 1. The Kier molecular flexibility index (Phi) is 10.7. The van der Waals surface area contributed by atoms with Crippen LogP contribution in [0, 0.1) is 0 Å². The van der Waals surface area contributed by atoms with E-state index in [0.717, 1.165) is 0 Å². The van der Waals surface area contributed by atoms with Crippen LogP contribution in [0.25, 0.3) is 0 Å². The molecule has 1 aromatic carbocycles. The summed E-state index contributed by atoms with van der Waals surface area (Å²) >= 11 is 0. The Balaban J connectivity index is 2.79. The van der Waals surface area contributed by atoms with Crippen LogP contribution in [0.5, 0.6) is 5.75 Å². The Labute approximate surface area is 189 Å². The highest BCUT2D eigenvalue weighted by atomic mass is 16.4. The molecule has 0 radical (unpaired) electrons. The largest absolute Gasteiger partial charge is 0.508 e. The molecule has 33 heavy (non-hydrogen) atoms. The smallest absolute Gasteiger partial charge is 0.325 e. The van der Waals surface area contributed by atoms with E-state index in [2.05, 4.69) is 16.0 Å². The Bertz CT molecular complexity index is 860. The maximum Gasteiger partial charge on any atom is 0.325 e. The number of aliphatic hydroxyl groups is 1. The summed E-state index contributed by atoms with van der Waals surface area (Å²) in [5.74, 6) is -5.26. The quantitative estimate of drug-likeness (QED) is 0.154. The summed E-state index contributed by atoms with van der Waals surface area (Å²) in [6.45, 7) is 0.338. The first kappa shape index (κ1) is 27.3. The molecular weight excluding hydrogens is 440 g/mol. The zero-order valence-electron chi connectivity index (χ0n) is 17.9. The van der Waals surface area contributed by atoms with Gasteiger partial charge in [-0.1, -0.05) is 12.1 Å². The predicted octanol–water partition coefficient (Wildman–Crippen LogP) is -2.32. The number of carbonyl (C=O) groups is 5. The third kappa shape index (κ3) is 9.53. The van der Waals surface area contributed by atoms with E-state index in [1.54, 1.807) is 12.1 Å². The zero-order valence-corrected chi connectivity index (χ0v) is 17.9. The minimum atomic E-state index is -1.50. The third-order valence-electron chi connectivity index (χ3n) is 4.55. The molecule has 0 aliphatic heterocycles. The fourth-order valence-electron chi connectivity index (χ4n) is 2.64. The lowest BCUT2D eigenvalue weighted by atomic mass is 10.1. The van der Waals surface area contributed by atoms with Crippen molar-refractivity contribution in [2.24, 2.45) is 5.73 Å². The number of nitrogens with two attached hydrogens (primary N) is 1. The number of carbonyl (C=O) groups excluding carboxylic acids is 3. The fraction of sp³-hybridized carbons (Fsp3) is 0.450. The number of hydrogen-bond acceptors (Lipinski definition) is 8. The summed E-state index contributed by atoms with van der Waals surface area (Å²) in [5.41, 5.74) is 6.47. The first-order chi connectivity index (χ1) is 15.4. The molecular formula is C20H28N4O9. The van der Waals surface area contributed by atoms with E-state index in [-0.39, 0.29) is 18.6 Å². The van der Waals surface area contributed by atoms with Gasteiger partial charge in [-0.15, -0.1) is 0 Å². The first-order valence-corrected chi connectivity index (χ1v) is 9.94. The van der Waals surface area contributed by atoms with Gasteiger partial charge in [-0.05, 0) is 37.5 Å². The maximum atomic E-state index is 12.5. The molecule has 13 heteroatoms. The number of carboxylic acid groups (broad SMARTS) is 2. The van der Waals surface area contributed by atoms with Gasteiger partial charge in [-0.3, -0.25) is 24.0 Å². The van der Waals surface area contributed by atoms with Crippen LogP contribution in [0.15, 0.2) is 24.3 Å². The van der Waals surface area contributed by atoms with Crippen molar-refractivity contribution < 1.29 is 44.4 Å². The van der Waals surface area contributed by atoms with Crippen molar-refractivity contribution >= 4 is 29.7 Å². The topological polar surface area (TPSA) is 228 Å². The third-order valence-corrected chi connectivity index (χ3v) is 4.55. The minimum absolute atomic E-state index is 0.0352. The molecule has 0 heterocycles. The number of aliphatic hydroxyl groups excluding tert-OH is 1. The molecule has 3 amide bonds. The molecule has 1 aromatic rings. The minimum Gasteiger partial charge on any atom is -0.508 e. The number of aromatic hydroxyl groups is 1. The summed E-state index contributed by atoms with van der Waals surface area (Å²) in [4.78, 5) is 58.9. The monoisotopic (exact) mass is 468 g/mol. The lowest BCUT2D eigenvalue weighted by Crippen LogP contribution is -2.58. The van der Waals surface area contributed by atoms with Crippen LogP contribution >= 0.6 is 0 Å². The number of hydrogen-bond donors (Lipinski definition) is 8. The summed E-state index contributed by atoms with van der Waals surface area (Å²) in [7, 11) is 0. The molecule has 0 aliphatic rings. The summed E-state index contributed by atoms with van der Waals surface area (Å²) in [5, 5.41) is 43.2. The van der Waals surface area contributed by atoms with Crippen LogP contribution in [0.2, 0.25) is 0 Å². The number of rotatable bonds is 13. The van der Waals surface area contributed by atoms with Crippen molar-refractivity contribution in [2.75, 3.05) is 6.61 Å². The highest BCUT2D eigenvalue weighted by Crippen LogP contribution is 2.11. The number of nitrogens with one attached hydrogen (secondary N) is 3. The highest BCUT2D eigenvalue weighted by molar-refractivity contribution is 5.94. The molecule has 182 valence electrons. The molecule has 9 N–H and O–H groups in total. The lowest BCUT2D eigenvalue weighted by molar-refractivity contribution is -0.142. The summed E-state index contributed by atoms with van der Waals surface area (Å²) in [6.07, 6.45) is -0.790. The van der Waals surface area contributed by atoms with E-state index in [9.17, 15) is 34.2 Å². The second kappa shape index (κ2) is 13.0. The first-order valence-electron chi connectivity index (χ1n) is 9.94. The normalized spacial score (nSPS) is 14.3. The van der Waals surface area contributed by atoms with Gasteiger partial charge >= 0.3 is 11.9 Å². The molecule has 0 saturated heterocycles. The van der Waals surface area contributed by atoms with Crippen molar-refractivity contribution in [3.8, 4) is 5.75 Å². The second-order valence-corrected chi connectivity index (χ2v) is 7.28. The molecule has 0 fully saturated rings. The van der Waals surface area contributed by atoms with Crippen molar-refractivity contribution in [3.63, 3.8) is 0 Å². The highest BCUT2D eigenvalue weighted by Gasteiger charge is 2.29. The summed E-state index contributed by atoms with van der Waals surface area (Å²) in [6, 6.07) is 0.624. The van der Waals surface area contributed by atoms with Gasteiger partial charge in [0, 0.05) is 6.42 Å². The van der Waals surface area contributed by atoms with E-state index in [4.69, 9.17) is 15.9 Å². The van der Waals surface area contributed by atoms with Gasteiger partial charge in [-0.25, -0.2) is 0 Å². The zero-order chi connectivity index (χ0) is 25.1. The fourth-order valence-corrected chi connectivity index (χ4v) is 2.64. The Morgan fingerprint density at radius 3 is 1.97 bits per heavy atom. The van der Waals surface area contributed by atoms with Gasteiger partial charge in [-0.2, -0.15) is 0 Å². The molecule has 0 spiro atoms. The van der Waals surface area contributed by atoms with E-state index in [0.29, 0.717) is 5.56 Å². The van der Waals surface area contributed by atoms with Gasteiger partial charge < -0.3 is 42.1 Å². The molecule has 4 unspecified atom stereocenters. The van der Waals surface area contributed by atoms with Gasteiger partial charge in [0.1, 0.15) is 23.9 Å². The average molecular weight is 468 g/mol. The van der Waals surface area contributed by atoms with E-state index in [1.807, 2.05) is 0 Å². The van der Waals surface area contributed by atoms with Crippen LogP contribution in [-0.2, 0) is 30.4 Å². The maximum absolute atomic E-state index is 12.5. The van der Waals surface area contributed by atoms with Crippen LogP contribution in [0.1, 0.15) is 25.3 Å². The molecule has 0 saturated carbocycles.